The third-order valence-electron chi connectivity index (χ3n) is 5.26. The van der Waals surface area contributed by atoms with Crippen LogP contribution in [0.5, 0.6) is 0 Å². The summed E-state index contributed by atoms with van der Waals surface area (Å²) in [5.74, 6) is 1.14. The van der Waals surface area contributed by atoms with Crippen molar-refractivity contribution in [2.75, 3.05) is 17.6 Å². The van der Waals surface area contributed by atoms with Crippen LogP contribution in [0, 0.1) is 0 Å². The predicted octanol–water partition coefficient (Wildman–Crippen LogP) is 3.69. The minimum atomic E-state index is 0.465. The van der Waals surface area contributed by atoms with Gasteiger partial charge in [-0.15, -0.1) is 5.10 Å². The number of rotatable bonds is 5. The average Bonchev–Trinajstić information content (AvgIpc) is 3.12. The first-order valence-corrected chi connectivity index (χ1v) is 9.43. The van der Waals surface area contributed by atoms with Gasteiger partial charge in [-0.2, -0.15) is 0 Å². The monoisotopic (exact) mass is 350 g/mol. The molecule has 1 aliphatic rings. The molecule has 4 rings (SSSR count). The van der Waals surface area contributed by atoms with Crippen LogP contribution >= 0.6 is 0 Å². The number of fused-ring (bicyclic) bond motifs is 1. The molecule has 0 spiro atoms. The molecule has 1 fully saturated rings. The summed E-state index contributed by atoms with van der Waals surface area (Å²) in [6, 6.07) is 11.3. The molecule has 0 atom stereocenters. The standard InChI is InChI=1S/C20H26N6/c1-2-22-16-7-3-14(4-8-16)15-5-9-17(10-6-15)24-18-13-19(21)25-26-12-11-23-20(18)26/h5-6,9-14,16,22,24H,2-4,7-8H2,1H3,(H2,21,25). The maximum atomic E-state index is 5.89. The van der Waals surface area contributed by atoms with E-state index in [-0.39, 0.29) is 0 Å². The van der Waals surface area contributed by atoms with Crippen molar-refractivity contribution in [3.63, 3.8) is 0 Å². The van der Waals surface area contributed by atoms with Gasteiger partial charge in [0.25, 0.3) is 0 Å². The smallest absolute Gasteiger partial charge is 0.177 e. The lowest BCUT2D eigenvalue weighted by molar-refractivity contribution is 0.348. The van der Waals surface area contributed by atoms with Crippen molar-refractivity contribution in [1.82, 2.24) is 19.9 Å². The summed E-state index contributed by atoms with van der Waals surface area (Å²) in [7, 11) is 0. The zero-order chi connectivity index (χ0) is 17.9. The number of nitrogens with zero attached hydrogens (tertiary/aromatic N) is 3. The molecule has 0 saturated heterocycles. The lowest BCUT2D eigenvalue weighted by atomic mass is 9.82. The van der Waals surface area contributed by atoms with Crippen molar-refractivity contribution >= 4 is 22.8 Å². The van der Waals surface area contributed by atoms with Crippen molar-refractivity contribution in [2.45, 2.75) is 44.6 Å². The molecule has 0 aliphatic heterocycles. The van der Waals surface area contributed by atoms with Crippen molar-refractivity contribution in [3.8, 4) is 0 Å². The van der Waals surface area contributed by atoms with E-state index in [0.717, 1.165) is 23.6 Å². The van der Waals surface area contributed by atoms with E-state index in [4.69, 9.17) is 5.73 Å². The van der Waals surface area contributed by atoms with Gasteiger partial charge in [-0.25, -0.2) is 9.50 Å². The second-order valence-electron chi connectivity index (χ2n) is 7.03. The highest BCUT2D eigenvalue weighted by atomic mass is 15.3. The van der Waals surface area contributed by atoms with Crippen molar-refractivity contribution in [2.24, 2.45) is 0 Å². The maximum absolute atomic E-state index is 5.89. The molecule has 0 unspecified atom stereocenters. The molecule has 26 heavy (non-hydrogen) atoms. The third kappa shape index (κ3) is 3.51. The molecule has 136 valence electrons. The van der Waals surface area contributed by atoms with Crippen LogP contribution in [-0.2, 0) is 0 Å². The van der Waals surface area contributed by atoms with Gasteiger partial charge in [0, 0.05) is 30.2 Å². The lowest BCUT2D eigenvalue weighted by Crippen LogP contribution is -2.32. The van der Waals surface area contributed by atoms with Gasteiger partial charge in [-0.05, 0) is 55.8 Å². The normalized spacial score (nSPS) is 20.3. The van der Waals surface area contributed by atoms with Crippen molar-refractivity contribution in [1.29, 1.82) is 0 Å². The van der Waals surface area contributed by atoms with Gasteiger partial charge < -0.3 is 16.4 Å². The van der Waals surface area contributed by atoms with E-state index < -0.39 is 0 Å². The first-order valence-electron chi connectivity index (χ1n) is 9.43. The number of nitrogens with two attached hydrogens (primary N) is 1. The largest absolute Gasteiger partial charge is 0.382 e. The van der Waals surface area contributed by atoms with Crippen LogP contribution in [0.15, 0.2) is 42.7 Å². The summed E-state index contributed by atoms with van der Waals surface area (Å²) in [6.45, 7) is 3.25. The Morgan fingerprint density at radius 3 is 2.65 bits per heavy atom. The minimum absolute atomic E-state index is 0.465. The first kappa shape index (κ1) is 16.8. The van der Waals surface area contributed by atoms with Crippen LogP contribution in [0.25, 0.3) is 5.65 Å². The summed E-state index contributed by atoms with van der Waals surface area (Å²) in [4.78, 5) is 4.35. The summed E-state index contributed by atoms with van der Waals surface area (Å²) < 4.78 is 1.69. The van der Waals surface area contributed by atoms with Crippen LogP contribution in [0.2, 0.25) is 0 Å². The Morgan fingerprint density at radius 2 is 1.92 bits per heavy atom. The molecule has 3 aromatic rings. The fourth-order valence-corrected chi connectivity index (χ4v) is 3.94. The highest BCUT2D eigenvalue weighted by molar-refractivity contribution is 5.75. The van der Waals surface area contributed by atoms with Gasteiger partial charge in [0.15, 0.2) is 5.65 Å². The Balaban J connectivity index is 1.45. The van der Waals surface area contributed by atoms with Crippen molar-refractivity contribution in [3.05, 3.63) is 48.3 Å². The van der Waals surface area contributed by atoms with E-state index in [2.05, 4.69) is 51.9 Å². The Kier molecular flexibility index (Phi) is 4.75. The van der Waals surface area contributed by atoms with E-state index in [0.29, 0.717) is 17.8 Å². The number of hydrogen-bond donors (Lipinski definition) is 3. The number of aromatic nitrogens is 3. The van der Waals surface area contributed by atoms with E-state index in [1.807, 2.05) is 6.07 Å². The fourth-order valence-electron chi connectivity index (χ4n) is 3.94. The molecular weight excluding hydrogens is 324 g/mol. The van der Waals surface area contributed by atoms with E-state index in [9.17, 15) is 0 Å². The molecule has 1 aromatic carbocycles. The van der Waals surface area contributed by atoms with Gasteiger partial charge in [0.05, 0.1) is 5.69 Å². The van der Waals surface area contributed by atoms with Gasteiger partial charge >= 0.3 is 0 Å². The molecule has 0 radical (unpaired) electrons. The zero-order valence-corrected chi connectivity index (χ0v) is 15.2. The lowest BCUT2D eigenvalue weighted by Gasteiger charge is -2.29. The SMILES string of the molecule is CCNC1CCC(c2ccc(Nc3cc(N)nn4ccnc34)cc2)CC1. The minimum Gasteiger partial charge on any atom is -0.382 e. The maximum Gasteiger partial charge on any atom is 0.177 e. The van der Waals surface area contributed by atoms with Crippen LogP contribution in [-0.4, -0.2) is 27.2 Å². The number of benzene rings is 1. The van der Waals surface area contributed by atoms with Crippen molar-refractivity contribution < 1.29 is 0 Å². The van der Waals surface area contributed by atoms with Crippen LogP contribution < -0.4 is 16.4 Å². The van der Waals surface area contributed by atoms with Gasteiger partial charge in [0.2, 0.25) is 0 Å². The third-order valence-corrected chi connectivity index (χ3v) is 5.26. The molecule has 6 heteroatoms. The van der Waals surface area contributed by atoms with Crippen LogP contribution in [0.1, 0.15) is 44.1 Å². The number of anilines is 3. The van der Waals surface area contributed by atoms with Gasteiger partial charge in [-0.1, -0.05) is 19.1 Å². The second kappa shape index (κ2) is 7.33. The summed E-state index contributed by atoms with van der Waals surface area (Å²) >= 11 is 0. The molecule has 0 bridgehead atoms. The Labute approximate surface area is 153 Å². The second-order valence-corrected chi connectivity index (χ2v) is 7.03. The fraction of sp³-hybridized carbons (Fsp3) is 0.400. The van der Waals surface area contributed by atoms with E-state index >= 15 is 0 Å². The number of nitrogens with one attached hydrogen (secondary N) is 2. The number of nitrogen functional groups attached to an aromatic ring is 1. The molecule has 2 aromatic heterocycles. The quantitative estimate of drug-likeness (QED) is 0.654. The molecule has 1 aliphatic carbocycles. The molecule has 6 nitrogen and oxygen atoms in total. The molecular formula is C20H26N6. The molecule has 2 heterocycles. The van der Waals surface area contributed by atoms with E-state index in [1.54, 1.807) is 16.9 Å². The first-order chi connectivity index (χ1) is 12.7. The van der Waals surface area contributed by atoms with Gasteiger partial charge in [-0.3, -0.25) is 0 Å². The van der Waals surface area contributed by atoms with Crippen LogP contribution in [0.3, 0.4) is 0 Å². The molecule has 0 amide bonds. The molecule has 4 N–H and O–H groups in total. The summed E-state index contributed by atoms with van der Waals surface area (Å²) in [6.07, 6.45) is 8.59. The predicted molar refractivity (Wildman–Crippen MR) is 106 cm³/mol. The van der Waals surface area contributed by atoms with Gasteiger partial charge in [0.1, 0.15) is 5.82 Å². The summed E-state index contributed by atoms with van der Waals surface area (Å²) in [5.41, 5.74) is 9.99. The topological polar surface area (TPSA) is 80.3 Å². The highest BCUT2D eigenvalue weighted by Gasteiger charge is 2.21. The number of imidazole rings is 1. The zero-order valence-electron chi connectivity index (χ0n) is 15.2. The average molecular weight is 350 g/mol. The highest BCUT2D eigenvalue weighted by Crippen LogP contribution is 2.33. The molecule has 1 saturated carbocycles. The Morgan fingerprint density at radius 1 is 1.15 bits per heavy atom. The Bertz CT molecular complexity index is 862. The van der Waals surface area contributed by atoms with E-state index in [1.165, 1.54) is 31.2 Å². The number of hydrogen-bond acceptors (Lipinski definition) is 5. The summed E-state index contributed by atoms with van der Waals surface area (Å²) in [5, 5.41) is 11.2. The Hall–Kier alpha value is -2.60. The van der Waals surface area contributed by atoms with Crippen LogP contribution in [0.4, 0.5) is 17.2 Å².